The van der Waals surface area contributed by atoms with E-state index in [4.69, 9.17) is 0 Å². The molecule has 0 atom stereocenters. The van der Waals surface area contributed by atoms with E-state index in [1.807, 2.05) is 48.8 Å². The molecule has 146 valence electrons. The maximum Gasteiger partial charge on any atom is 0.134 e. The standard InChI is InChI=1S/C26H22N4/c1-3-7-23-21(5-1)13-15-27-25(23)29-17-19-9-11-20(12-10-19)18-30-26-24-8-4-2-6-22(24)14-16-28-26/h1-16H,17-18H2,(H,27,29)(H,28,30). The van der Waals surface area contributed by atoms with E-state index in [1.54, 1.807) is 0 Å². The second-order valence-electron chi connectivity index (χ2n) is 7.28. The van der Waals surface area contributed by atoms with E-state index >= 15 is 0 Å². The number of hydrogen-bond acceptors (Lipinski definition) is 4. The van der Waals surface area contributed by atoms with Crippen LogP contribution in [0.2, 0.25) is 0 Å². The highest BCUT2D eigenvalue weighted by atomic mass is 15.0. The highest BCUT2D eigenvalue weighted by Crippen LogP contribution is 2.22. The van der Waals surface area contributed by atoms with Gasteiger partial charge in [0.25, 0.3) is 0 Å². The Balaban J connectivity index is 1.24. The summed E-state index contributed by atoms with van der Waals surface area (Å²) in [6.07, 6.45) is 3.70. The van der Waals surface area contributed by atoms with Crippen molar-refractivity contribution in [2.45, 2.75) is 13.1 Å². The first-order valence-corrected chi connectivity index (χ1v) is 10.1. The number of pyridine rings is 2. The van der Waals surface area contributed by atoms with Crippen LogP contribution in [0.5, 0.6) is 0 Å². The topological polar surface area (TPSA) is 49.8 Å². The van der Waals surface area contributed by atoms with Gasteiger partial charge in [-0.3, -0.25) is 0 Å². The quantitative estimate of drug-likeness (QED) is 0.373. The Morgan fingerprint density at radius 1 is 0.500 bits per heavy atom. The number of fused-ring (bicyclic) bond motifs is 2. The van der Waals surface area contributed by atoms with Gasteiger partial charge in [-0.1, -0.05) is 72.8 Å². The normalized spacial score (nSPS) is 10.9. The molecule has 0 aliphatic carbocycles. The van der Waals surface area contributed by atoms with Gasteiger partial charge in [0, 0.05) is 36.3 Å². The summed E-state index contributed by atoms with van der Waals surface area (Å²) in [5.41, 5.74) is 2.44. The molecule has 4 heteroatoms. The molecule has 0 saturated heterocycles. The lowest BCUT2D eigenvalue weighted by atomic mass is 10.1. The third-order valence-electron chi connectivity index (χ3n) is 5.29. The summed E-state index contributed by atoms with van der Waals surface area (Å²) in [5, 5.41) is 11.6. The van der Waals surface area contributed by atoms with Crippen LogP contribution in [0.1, 0.15) is 11.1 Å². The number of anilines is 2. The molecule has 0 spiro atoms. The molecule has 2 N–H and O–H groups in total. The average Bonchev–Trinajstić information content (AvgIpc) is 2.82. The Hall–Kier alpha value is -3.92. The molecule has 4 nitrogen and oxygen atoms in total. The van der Waals surface area contributed by atoms with E-state index < -0.39 is 0 Å². The molecule has 30 heavy (non-hydrogen) atoms. The van der Waals surface area contributed by atoms with Crippen molar-refractivity contribution in [3.05, 3.63) is 108 Å². The molecule has 5 aromatic rings. The Morgan fingerprint density at radius 2 is 0.933 bits per heavy atom. The Morgan fingerprint density at radius 3 is 1.40 bits per heavy atom. The van der Waals surface area contributed by atoms with Gasteiger partial charge in [0.1, 0.15) is 11.6 Å². The van der Waals surface area contributed by atoms with Gasteiger partial charge in [-0.2, -0.15) is 0 Å². The third-order valence-corrected chi connectivity index (χ3v) is 5.29. The number of aromatic nitrogens is 2. The first-order valence-electron chi connectivity index (χ1n) is 10.1. The van der Waals surface area contributed by atoms with Gasteiger partial charge < -0.3 is 10.6 Å². The number of hydrogen-bond donors (Lipinski definition) is 2. The average molecular weight is 390 g/mol. The van der Waals surface area contributed by atoms with Crippen molar-refractivity contribution < 1.29 is 0 Å². The molecular weight excluding hydrogens is 368 g/mol. The number of rotatable bonds is 6. The van der Waals surface area contributed by atoms with Gasteiger partial charge in [-0.15, -0.1) is 0 Å². The summed E-state index contributed by atoms with van der Waals surface area (Å²) in [6.45, 7) is 1.47. The second kappa shape index (κ2) is 8.21. The Kier molecular flexibility index (Phi) is 4.96. The van der Waals surface area contributed by atoms with Gasteiger partial charge >= 0.3 is 0 Å². The van der Waals surface area contributed by atoms with Crippen molar-refractivity contribution in [3.8, 4) is 0 Å². The fourth-order valence-electron chi connectivity index (χ4n) is 3.67. The van der Waals surface area contributed by atoms with Crippen LogP contribution in [-0.2, 0) is 13.1 Å². The minimum atomic E-state index is 0.736. The van der Waals surface area contributed by atoms with Crippen LogP contribution in [0.15, 0.2) is 97.3 Å². The number of benzene rings is 3. The van der Waals surface area contributed by atoms with Crippen LogP contribution in [0.25, 0.3) is 21.5 Å². The van der Waals surface area contributed by atoms with Crippen LogP contribution in [-0.4, -0.2) is 9.97 Å². The molecule has 0 amide bonds. The maximum absolute atomic E-state index is 4.50. The lowest BCUT2D eigenvalue weighted by molar-refractivity contribution is 1.09. The number of nitrogens with one attached hydrogen (secondary N) is 2. The fourth-order valence-corrected chi connectivity index (χ4v) is 3.67. The first-order chi connectivity index (χ1) is 14.9. The van der Waals surface area contributed by atoms with Gasteiger partial charge in [0.05, 0.1) is 0 Å². The molecule has 0 unspecified atom stereocenters. The summed E-state index contributed by atoms with van der Waals surface area (Å²) in [5.74, 6) is 1.83. The molecule has 0 saturated carbocycles. The zero-order chi connectivity index (χ0) is 20.2. The van der Waals surface area contributed by atoms with E-state index in [9.17, 15) is 0 Å². The minimum absolute atomic E-state index is 0.736. The van der Waals surface area contributed by atoms with E-state index in [1.165, 1.54) is 21.9 Å². The molecule has 5 rings (SSSR count). The molecule has 2 aromatic heterocycles. The monoisotopic (exact) mass is 390 g/mol. The smallest absolute Gasteiger partial charge is 0.134 e. The summed E-state index contributed by atoms with van der Waals surface area (Å²) < 4.78 is 0. The lowest BCUT2D eigenvalue weighted by Crippen LogP contribution is -2.04. The molecule has 2 heterocycles. The van der Waals surface area contributed by atoms with Gasteiger partial charge in [-0.25, -0.2) is 9.97 Å². The number of nitrogens with zero attached hydrogens (tertiary/aromatic N) is 2. The van der Waals surface area contributed by atoms with Crippen molar-refractivity contribution in [2.24, 2.45) is 0 Å². The van der Waals surface area contributed by atoms with Gasteiger partial charge in [0.15, 0.2) is 0 Å². The zero-order valence-corrected chi connectivity index (χ0v) is 16.5. The molecule has 0 fully saturated rings. The van der Waals surface area contributed by atoms with Gasteiger partial charge in [0.2, 0.25) is 0 Å². The predicted molar refractivity (Wildman–Crippen MR) is 125 cm³/mol. The van der Waals surface area contributed by atoms with Crippen LogP contribution in [0.4, 0.5) is 11.6 Å². The largest absolute Gasteiger partial charge is 0.365 e. The lowest BCUT2D eigenvalue weighted by Gasteiger charge is -2.11. The van der Waals surface area contributed by atoms with Crippen LogP contribution in [0, 0.1) is 0 Å². The van der Waals surface area contributed by atoms with E-state index in [2.05, 4.69) is 69.1 Å². The van der Waals surface area contributed by atoms with Crippen molar-refractivity contribution in [3.63, 3.8) is 0 Å². The molecule has 0 radical (unpaired) electrons. The van der Waals surface area contributed by atoms with E-state index in [0.29, 0.717) is 0 Å². The second-order valence-corrected chi connectivity index (χ2v) is 7.28. The molecule has 0 aliphatic rings. The molecular formula is C26H22N4. The maximum atomic E-state index is 4.50. The van der Waals surface area contributed by atoms with Crippen LogP contribution < -0.4 is 10.6 Å². The Bertz CT molecular complexity index is 1180. The summed E-state index contributed by atoms with van der Waals surface area (Å²) in [6, 6.07) is 29.3. The van der Waals surface area contributed by atoms with Crippen molar-refractivity contribution in [2.75, 3.05) is 10.6 Å². The van der Waals surface area contributed by atoms with Gasteiger partial charge in [-0.05, 0) is 34.0 Å². The molecule has 0 aliphatic heterocycles. The Labute approximate surface area is 175 Å². The van der Waals surface area contributed by atoms with E-state index in [-0.39, 0.29) is 0 Å². The van der Waals surface area contributed by atoms with Crippen LogP contribution in [0.3, 0.4) is 0 Å². The van der Waals surface area contributed by atoms with Crippen molar-refractivity contribution in [1.29, 1.82) is 0 Å². The minimum Gasteiger partial charge on any atom is -0.365 e. The molecule has 3 aromatic carbocycles. The summed E-state index contributed by atoms with van der Waals surface area (Å²) in [7, 11) is 0. The first kappa shape index (κ1) is 18.1. The zero-order valence-electron chi connectivity index (χ0n) is 16.5. The highest BCUT2D eigenvalue weighted by molar-refractivity contribution is 5.92. The SMILES string of the molecule is c1ccc2c(NCc3ccc(CNc4nccc5ccccc45)cc3)nccc2c1. The van der Waals surface area contributed by atoms with Crippen molar-refractivity contribution in [1.82, 2.24) is 9.97 Å². The predicted octanol–water partition coefficient (Wildman–Crippen LogP) is 6.01. The summed E-state index contributed by atoms with van der Waals surface area (Å²) in [4.78, 5) is 9.00. The van der Waals surface area contributed by atoms with Crippen molar-refractivity contribution >= 4 is 33.2 Å². The third kappa shape index (κ3) is 3.80. The fraction of sp³-hybridized carbons (Fsp3) is 0.0769. The van der Waals surface area contributed by atoms with Crippen LogP contribution >= 0.6 is 0 Å². The van der Waals surface area contributed by atoms with E-state index in [0.717, 1.165) is 35.5 Å². The molecule has 0 bridgehead atoms. The highest BCUT2D eigenvalue weighted by Gasteiger charge is 2.03. The summed E-state index contributed by atoms with van der Waals surface area (Å²) >= 11 is 0.